The van der Waals surface area contributed by atoms with Crippen LogP contribution >= 0.6 is 0 Å². The molecule has 0 unspecified atom stereocenters. The Morgan fingerprint density at radius 1 is 1.45 bits per heavy atom. The molecule has 2 aromatic rings. The lowest BCUT2D eigenvalue weighted by Gasteiger charge is -2.08. The van der Waals surface area contributed by atoms with Gasteiger partial charge in [-0.25, -0.2) is 4.79 Å². The molecule has 1 aromatic carbocycles. The minimum absolute atomic E-state index is 0.0681. The second-order valence-corrected chi connectivity index (χ2v) is 4.10. The normalized spacial score (nSPS) is 10.1. The van der Waals surface area contributed by atoms with Crippen LogP contribution < -0.4 is 5.73 Å². The first-order chi connectivity index (χ1) is 9.62. The van der Waals surface area contributed by atoms with Crippen molar-refractivity contribution < 1.29 is 14.6 Å². The first-order valence-corrected chi connectivity index (χ1v) is 5.81. The molecule has 1 heterocycles. The van der Waals surface area contributed by atoms with Crippen LogP contribution in [-0.2, 0) is 11.3 Å². The van der Waals surface area contributed by atoms with Crippen LogP contribution in [0.25, 0.3) is 5.69 Å². The lowest BCUT2D eigenvalue weighted by atomic mass is 10.2. The van der Waals surface area contributed by atoms with Gasteiger partial charge in [0.25, 0.3) is 0 Å². The van der Waals surface area contributed by atoms with Gasteiger partial charge < -0.3 is 20.1 Å². The first-order valence-electron chi connectivity index (χ1n) is 5.81. The third-order valence-corrected chi connectivity index (χ3v) is 2.94. The van der Waals surface area contributed by atoms with Crippen molar-refractivity contribution in [1.29, 1.82) is 5.26 Å². The Balaban J connectivity index is 2.60. The summed E-state index contributed by atoms with van der Waals surface area (Å²) >= 11 is 0. The molecule has 0 spiro atoms. The van der Waals surface area contributed by atoms with E-state index in [4.69, 9.17) is 20.8 Å². The van der Waals surface area contributed by atoms with Crippen LogP contribution in [-0.4, -0.2) is 22.8 Å². The number of nitrogens with zero attached hydrogens (tertiary/aromatic N) is 2. The summed E-state index contributed by atoms with van der Waals surface area (Å²) in [5, 5.41) is 18.0. The smallest absolute Gasteiger partial charge is 0.357 e. The molecule has 0 aliphatic rings. The van der Waals surface area contributed by atoms with Gasteiger partial charge in [-0.1, -0.05) is 12.1 Å². The number of nitriles is 1. The zero-order chi connectivity index (χ0) is 14.7. The SMILES string of the molecule is COC(=O)c1c(N)c(C#N)cn1-c1ccc(CO)cc1. The quantitative estimate of drug-likeness (QED) is 0.817. The van der Waals surface area contributed by atoms with E-state index in [-0.39, 0.29) is 23.6 Å². The predicted molar refractivity (Wildman–Crippen MR) is 72.2 cm³/mol. The van der Waals surface area contributed by atoms with Crippen molar-refractivity contribution in [3.63, 3.8) is 0 Å². The molecule has 2 rings (SSSR count). The summed E-state index contributed by atoms with van der Waals surface area (Å²) in [6.07, 6.45) is 1.48. The zero-order valence-electron chi connectivity index (χ0n) is 10.8. The maximum absolute atomic E-state index is 11.8. The molecule has 6 nitrogen and oxygen atoms in total. The van der Waals surface area contributed by atoms with Gasteiger partial charge >= 0.3 is 5.97 Å². The summed E-state index contributed by atoms with van der Waals surface area (Å²) in [7, 11) is 1.25. The summed E-state index contributed by atoms with van der Waals surface area (Å²) in [6.45, 7) is -0.0681. The fourth-order valence-corrected chi connectivity index (χ4v) is 1.88. The average molecular weight is 271 g/mol. The monoisotopic (exact) mass is 271 g/mol. The van der Waals surface area contributed by atoms with Crippen LogP contribution in [0.2, 0.25) is 0 Å². The predicted octanol–water partition coefficient (Wildman–Crippen LogP) is 1.21. The van der Waals surface area contributed by atoms with E-state index in [0.717, 1.165) is 5.56 Å². The molecule has 20 heavy (non-hydrogen) atoms. The van der Waals surface area contributed by atoms with Crippen LogP contribution in [0.3, 0.4) is 0 Å². The molecule has 0 amide bonds. The number of hydrogen-bond acceptors (Lipinski definition) is 5. The van der Waals surface area contributed by atoms with Crippen molar-refractivity contribution in [3.05, 3.63) is 47.3 Å². The van der Waals surface area contributed by atoms with E-state index in [1.807, 2.05) is 6.07 Å². The second-order valence-electron chi connectivity index (χ2n) is 4.10. The van der Waals surface area contributed by atoms with E-state index in [9.17, 15) is 4.79 Å². The number of benzene rings is 1. The maximum atomic E-state index is 11.8. The number of nitrogens with two attached hydrogens (primary N) is 1. The number of hydrogen-bond donors (Lipinski definition) is 2. The highest BCUT2D eigenvalue weighted by atomic mass is 16.5. The number of rotatable bonds is 3. The van der Waals surface area contributed by atoms with Gasteiger partial charge in [0.15, 0.2) is 5.69 Å². The van der Waals surface area contributed by atoms with Crippen LogP contribution in [0, 0.1) is 11.3 Å². The summed E-state index contributed by atoms with van der Waals surface area (Å²) in [4.78, 5) is 11.8. The number of ether oxygens (including phenoxy) is 1. The van der Waals surface area contributed by atoms with Crippen LogP contribution in [0.5, 0.6) is 0 Å². The van der Waals surface area contributed by atoms with Gasteiger partial charge in [0, 0.05) is 11.9 Å². The fourth-order valence-electron chi connectivity index (χ4n) is 1.88. The molecular formula is C14H13N3O3. The minimum atomic E-state index is -0.616. The Hall–Kier alpha value is -2.78. The van der Waals surface area contributed by atoms with Gasteiger partial charge in [0.2, 0.25) is 0 Å². The largest absolute Gasteiger partial charge is 0.464 e. The summed E-state index contributed by atoms with van der Waals surface area (Å²) in [5.74, 6) is -0.616. The Morgan fingerprint density at radius 2 is 2.10 bits per heavy atom. The van der Waals surface area contributed by atoms with E-state index in [2.05, 4.69) is 0 Å². The molecule has 0 atom stereocenters. The topological polar surface area (TPSA) is 101 Å². The zero-order valence-corrected chi connectivity index (χ0v) is 10.8. The van der Waals surface area contributed by atoms with Gasteiger partial charge in [-0.15, -0.1) is 0 Å². The highest BCUT2D eigenvalue weighted by Gasteiger charge is 2.21. The number of nitrogen functional groups attached to an aromatic ring is 1. The fraction of sp³-hybridized carbons (Fsp3) is 0.143. The third-order valence-electron chi connectivity index (χ3n) is 2.94. The molecule has 0 aliphatic carbocycles. The van der Waals surface area contributed by atoms with Crippen molar-refractivity contribution in [2.75, 3.05) is 12.8 Å². The maximum Gasteiger partial charge on any atom is 0.357 e. The lowest BCUT2D eigenvalue weighted by molar-refractivity contribution is 0.0593. The van der Waals surface area contributed by atoms with E-state index in [0.29, 0.717) is 5.69 Å². The van der Waals surface area contributed by atoms with Crippen molar-refractivity contribution in [2.45, 2.75) is 6.61 Å². The number of anilines is 1. The molecule has 0 aliphatic heterocycles. The molecule has 0 saturated carbocycles. The molecule has 1 aromatic heterocycles. The molecule has 0 bridgehead atoms. The molecule has 0 radical (unpaired) electrons. The van der Waals surface area contributed by atoms with E-state index in [1.165, 1.54) is 17.9 Å². The molecule has 0 saturated heterocycles. The summed E-state index contributed by atoms with van der Waals surface area (Å²) in [6, 6.07) is 8.82. The summed E-state index contributed by atoms with van der Waals surface area (Å²) in [5.41, 5.74) is 7.60. The average Bonchev–Trinajstić information content (AvgIpc) is 2.83. The number of esters is 1. The van der Waals surface area contributed by atoms with Gasteiger partial charge in [-0.2, -0.15) is 5.26 Å². The summed E-state index contributed by atoms with van der Waals surface area (Å²) < 4.78 is 6.19. The first kappa shape index (κ1) is 13.6. The number of aliphatic hydroxyl groups excluding tert-OH is 1. The Bertz CT molecular complexity index is 681. The van der Waals surface area contributed by atoms with Gasteiger partial charge in [0.1, 0.15) is 6.07 Å². The van der Waals surface area contributed by atoms with Gasteiger partial charge in [0.05, 0.1) is 25.0 Å². The highest BCUT2D eigenvalue weighted by molar-refractivity contribution is 5.95. The molecular weight excluding hydrogens is 258 g/mol. The van der Waals surface area contributed by atoms with Crippen LogP contribution in [0.4, 0.5) is 5.69 Å². The van der Waals surface area contributed by atoms with E-state index >= 15 is 0 Å². The Morgan fingerprint density at radius 3 is 2.60 bits per heavy atom. The van der Waals surface area contributed by atoms with Crippen LogP contribution in [0.1, 0.15) is 21.6 Å². The number of carbonyl (C=O) groups excluding carboxylic acids is 1. The van der Waals surface area contributed by atoms with Gasteiger partial charge in [-0.3, -0.25) is 0 Å². The number of aromatic nitrogens is 1. The second kappa shape index (κ2) is 5.47. The van der Waals surface area contributed by atoms with Crippen LogP contribution in [0.15, 0.2) is 30.5 Å². The van der Waals surface area contributed by atoms with Crippen molar-refractivity contribution in [2.24, 2.45) is 0 Å². The minimum Gasteiger partial charge on any atom is -0.464 e. The Kier molecular flexibility index (Phi) is 3.73. The lowest BCUT2D eigenvalue weighted by Crippen LogP contribution is -2.11. The number of carbonyl (C=O) groups is 1. The number of aliphatic hydroxyl groups is 1. The van der Waals surface area contributed by atoms with Crippen molar-refractivity contribution in [1.82, 2.24) is 4.57 Å². The van der Waals surface area contributed by atoms with Crippen molar-refractivity contribution in [3.8, 4) is 11.8 Å². The van der Waals surface area contributed by atoms with Gasteiger partial charge in [-0.05, 0) is 17.7 Å². The number of methoxy groups -OCH3 is 1. The molecule has 3 N–H and O–H groups in total. The third kappa shape index (κ3) is 2.22. The standard InChI is InChI=1S/C14H13N3O3/c1-20-14(19)13-12(16)10(6-15)7-17(13)11-4-2-9(8-18)3-5-11/h2-5,7,18H,8,16H2,1H3. The molecule has 102 valence electrons. The van der Waals surface area contributed by atoms with Crippen molar-refractivity contribution >= 4 is 11.7 Å². The molecule has 0 fully saturated rings. The highest BCUT2D eigenvalue weighted by Crippen LogP contribution is 2.24. The van der Waals surface area contributed by atoms with E-state index in [1.54, 1.807) is 24.3 Å². The molecule has 6 heteroatoms. The Labute approximate surface area is 115 Å². The van der Waals surface area contributed by atoms with E-state index < -0.39 is 5.97 Å².